The highest BCUT2D eigenvalue weighted by Gasteiger charge is 2.32. The average Bonchev–Trinajstić information content (AvgIpc) is 3.06. The third kappa shape index (κ3) is 5.16. The molecule has 10 heteroatoms. The van der Waals surface area contributed by atoms with Gasteiger partial charge >= 0.3 is 0 Å². The van der Waals surface area contributed by atoms with Crippen molar-refractivity contribution in [3.05, 3.63) is 67.6 Å². The predicted octanol–water partition coefficient (Wildman–Crippen LogP) is 3.65. The van der Waals surface area contributed by atoms with E-state index < -0.39 is 5.56 Å². The van der Waals surface area contributed by atoms with Crippen molar-refractivity contribution in [3.8, 4) is 6.07 Å². The van der Waals surface area contributed by atoms with Crippen molar-refractivity contribution in [1.29, 1.82) is 5.26 Å². The third-order valence-electron chi connectivity index (χ3n) is 5.23. The Bertz CT molecular complexity index is 1220. The molecule has 1 aromatic heterocycles. The van der Waals surface area contributed by atoms with E-state index in [9.17, 15) is 19.2 Å². The number of hydrogen-bond donors (Lipinski definition) is 1. The number of pyridine rings is 1. The number of ether oxygens (including phenoxy) is 1. The second-order valence-electron chi connectivity index (χ2n) is 7.23. The van der Waals surface area contributed by atoms with E-state index in [0.717, 1.165) is 5.56 Å². The quantitative estimate of drug-likeness (QED) is 0.450. The molecule has 1 amide bonds. The first kappa shape index (κ1) is 24.6. The number of amides is 1. The van der Waals surface area contributed by atoms with E-state index in [4.69, 9.17) is 17.0 Å². The average molecular weight is 487 g/mol. The molecule has 1 aliphatic rings. The summed E-state index contributed by atoms with van der Waals surface area (Å²) in [6, 6.07) is 8.01. The number of thioether (sulfide) groups is 1. The Labute approximate surface area is 200 Å². The van der Waals surface area contributed by atoms with Crippen molar-refractivity contribution in [2.24, 2.45) is 0 Å². The largest absolute Gasteiger partial charge is 0.383 e. The van der Waals surface area contributed by atoms with Crippen molar-refractivity contribution in [3.63, 3.8) is 0 Å². The number of halogens is 1. The zero-order valence-electron chi connectivity index (χ0n) is 18.5. The van der Waals surface area contributed by atoms with Gasteiger partial charge in [0.1, 0.15) is 27.6 Å². The van der Waals surface area contributed by atoms with E-state index in [-0.39, 0.29) is 17.3 Å². The number of nitrogens with zero attached hydrogens (tertiary/aromatic N) is 3. The number of nitriles is 1. The maximum atomic E-state index is 13.3. The molecule has 0 spiro atoms. The number of aromatic nitrogens is 1. The predicted molar refractivity (Wildman–Crippen MR) is 131 cm³/mol. The van der Waals surface area contributed by atoms with Crippen molar-refractivity contribution in [1.82, 2.24) is 9.47 Å². The smallest absolute Gasteiger partial charge is 0.270 e. The zero-order valence-corrected chi connectivity index (χ0v) is 20.1. The van der Waals surface area contributed by atoms with Crippen LogP contribution in [0.2, 0.25) is 0 Å². The van der Waals surface area contributed by atoms with Gasteiger partial charge in [-0.2, -0.15) is 5.26 Å². The van der Waals surface area contributed by atoms with Crippen LogP contribution in [-0.4, -0.2) is 40.0 Å². The van der Waals surface area contributed by atoms with Crippen molar-refractivity contribution < 1.29 is 13.9 Å². The maximum Gasteiger partial charge on any atom is 0.270 e. The fourth-order valence-electron chi connectivity index (χ4n) is 3.45. The first-order valence-corrected chi connectivity index (χ1v) is 11.4. The molecule has 2 heterocycles. The molecular weight excluding hydrogens is 463 g/mol. The number of methoxy groups -OCH3 is 1. The zero-order chi connectivity index (χ0) is 24.1. The molecule has 3 rings (SSSR count). The number of benzene rings is 1. The van der Waals surface area contributed by atoms with Gasteiger partial charge in [0.15, 0.2) is 0 Å². The Morgan fingerprint density at radius 3 is 2.61 bits per heavy atom. The summed E-state index contributed by atoms with van der Waals surface area (Å²) in [7, 11) is 1.55. The molecule has 0 saturated carbocycles. The summed E-state index contributed by atoms with van der Waals surface area (Å²) in [5.41, 5.74) is 1.44. The van der Waals surface area contributed by atoms with Crippen LogP contribution in [0.25, 0.3) is 6.08 Å². The Kier molecular flexibility index (Phi) is 8.02. The van der Waals surface area contributed by atoms with Gasteiger partial charge in [-0.25, -0.2) is 4.39 Å². The second kappa shape index (κ2) is 10.7. The minimum absolute atomic E-state index is 0.0188. The van der Waals surface area contributed by atoms with Gasteiger partial charge in [-0.3, -0.25) is 19.1 Å². The molecule has 0 unspecified atom stereocenters. The van der Waals surface area contributed by atoms with E-state index >= 15 is 0 Å². The Hall–Kier alpha value is -3.00. The lowest BCUT2D eigenvalue weighted by molar-refractivity contribution is -0.122. The summed E-state index contributed by atoms with van der Waals surface area (Å²) in [6.07, 6.45) is 1.67. The standard InChI is InChI=1S/C23H23FN4O3S2/c1-4-27-20(26-13-15-5-7-16(24)8-6-15)17(14(2)18(12-25)21(27)29)11-19-22(30)28(9-10-31-3)23(32)33-19/h5-8,11,26H,4,9-10,13H2,1-3H3/b19-11+. The van der Waals surface area contributed by atoms with Gasteiger partial charge in [-0.05, 0) is 43.2 Å². The Morgan fingerprint density at radius 2 is 2.00 bits per heavy atom. The topological polar surface area (TPSA) is 87.4 Å². The van der Waals surface area contributed by atoms with Gasteiger partial charge in [0.25, 0.3) is 11.5 Å². The van der Waals surface area contributed by atoms with E-state index in [2.05, 4.69) is 5.32 Å². The Balaban J connectivity index is 2.09. The van der Waals surface area contributed by atoms with E-state index in [1.165, 1.54) is 33.4 Å². The number of nitrogens with one attached hydrogen (secondary N) is 1. The van der Waals surface area contributed by atoms with Crippen LogP contribution in [0.15, 0.2) is 34.0 Å². The van der Waals surface area contributed by atoms with Crippen molar-refractivity contribution >= 4 is 46.1 Å². The molecule has 1 saturated heterocycles. The van der Waals surface area contributed by atoms with Crippen LogP contribution in [0.4, 0.5) is 10.2 Å². The molecule has 1 fully saturated rings. The van der Waals surface area contributed by atoms with Gasteiger partial charge in [-0.1, -0.05) is 36.1 Å². The second-order valence-corrected chi connectivity index (χ2v) is 8.91. The molecule has 7 nitrogen and oxygen atoms in total. The molecule has 1 aromatic carbocycles. The van der Waals surface area contributed by atoms with Crippen LogP contribution in [0.3, 0.4) is 0 Å². The molecule has 1 aliphatic heterocycles. The number of carbonyl (C=O) groups is 1. The SMILES string of the molecule is CCn1c(NCc2ccc(F)cc2)c(/C=C2/SC(=S)N(CCOC)C2=O)c(C)c(C#N)c1=O. The molecule has 0 aliphatic carbocycles. The number of hydrogen-bond acceptors (Lipinski definition) is 7. The fourth-order valence-corrected chi connectivity index (χ4v) is 4.74. The molecule has 0 bridgehead atoms. The Morgan fingerprint density at radius 1 is 1.30 bits per heavy atom. The van der Waals surface area contributed by atoms with Crippen LogP contribution >= 0.6 is 24.0 Å². The first-order valence-electron chi connectivity index (χ1n) is 10.2. The summed E-state index contributed by atoms with van der Waals surface area (Å²) in [6.45, 7) is 4.80. The highest BCUT2D eigenvalue weighted by atomic mass is 32.2. The number of rotatable bonds is 8. The molecule has 172 valence electrons. The summed E-state index contributed by atoms with van der Waals surface area (Å²) >= 11 is 6.52. The number of thiocarbonyl (C=S) groups is 1. The van der Waals surface area contributed by atoms with Crippen LogP contribution in [0.1, 0.15) is 29.2 Å². The minimum Gasteiger partial charge on any atom is -0.383 e. The molecule has 33 heavy (non-hydrogen) atoms. The van der Waals surface area contributed by atoms with Crippen LogP contribution in [-0.2, 0) is 22.6 Å². The van der Waals surface area contributed by atoms with Gasteiger partial charge in [0, 0.05) is 25.8 Å². The summed E-state index contributed by atoms with van der Waals surface area (Å²) in [5, 5.41) is 12.9. The van der Waals surface area contributed by atoms with Gasteiger partial charge in [0.05, 0.1) is 18.1 Å². The summed E-state index contributed by atoms with van der Waals surface area (Å²) in [4.78, 5) is 27.7. The first-order chi connectivity index (χ1) is 15.8. The maximum absolute atomic E-state index is 13.3. The van der Waals surface area contributed by atoms with Crippen molar-refractivity contribution in [2.45, 2.75) is 26.9 Å². The summed E-state index contributed by atoms with van der Waals surface area (Å²) in [5.74, 6) is -0.112. The van der Waals surface area contributed by atoms with Crippen LogP contribution in [0.5, 0.6) is 0 Å². The molecule has 2 aromatic rings. The molecular formula is C23H23FN4O3S2. The fraction of sp³-hybridized carbons (Fsp3) is 0.304. The van der Waals surface area contributed by atoms with Crippen LogP contribution < -0.4 is 10.9 Å². The lowest BCUT2D eigenvalue weighted by Crippen LogP contribution is -2.31. The van der Waals surface area contributed by atoms with Gasteiger partial charge in [0.2, 0.25) is 0 Å². The van der Waals surface area contributed by atoms with Gasteiger partial charge < -0.3 is 10.1 Å². The highest BCUT2D eigenvalue weighted by molar-refractivity contribution is 8.26. The van der Waals surface area contributed by atoms with E-state index in [1.54, 1.807) is 39.2 Å². The molecule has 0 radical (unpaired) electrons. The van der Waals surface area contributed by atoms with Gasteiger partial charge in [-0.15, -0.1) is 0 Å². The molecule has 1 N–H and O–H groups in total. The molecule has 0 atom stereocenters. The lowest BCUT2D eigenvalue weighted by Gasteiger charge is -2.19. The van der Waals surface area contributed by atoms with E-state index in [0.29, 0.717) is 52.4 Å². The third-order valence-corrected chi connectivity index (χ3v) is 6.61. The normalized spacial score (nSPS) is 14.8. The van der Waals surface area contributed by atoms with Crippen molar-refractivity contribution in [2.75, 3.05) is 25.6 Å². The monoisotopic (exact) mass is 486 g/mol. The van der Waals surface area contributed by atoms with E-state index in [1.807, 2.05) is 6.07 Å². The number of carbonyl (C=O) groups excluding carboxylic acids is 1. The lowest BCUT2D eigenvalue weighted by atomic mass is 10.0. The minimum atomic E-state index is -0.413. The highest BCUT2D eigenvalue weighted by Crippen LogP contribution is 2.35. The summed E-state index contributed by atoms with van der Waals surface area (Å²) < 4.78 is 20.2. The number of anilines is 1. The van der Waals surface area contributed by atoms with Crippen LogP contribution in [0, 0.1) is 24.1 Å².